The molecule has 29 heavy (non-hydrogen) atoms. The molecule has 0 aromatic heterocycles. The summed E-state index contributed by atoms with van der Waals surface area (Å²) in [5.41, 5.74) is 1.27. The van der Waals surface area contributed by atoms with Crippen LogP contribution in [0.5, 0.6) is 0 Å². The molecule has 1 aliphatic heterocycles. The summed E-state index contributed by atoms with van der Waals surface area (Å²) in [4.78, 5) is 11.4. The number of epoxide rings is 1. The summed E-state index contributed by atoms with van der Waals surface area (Å²) in [6.07, 6.45) is 19.6. The van der Waals surface area contributed by atoms with Crippen LogP contribution < -0.4 is 0 Å². The molecule has 3 nitrogen and oxygen atoms in total. The van der Waals surface area contributed by atoms with Gasteiger partial charge in [0.25, 0.3) is 0 Å². The lowest BCUT2D eigenvalue weighted by molar-refractivity contribution is -0.144. The highest BCUT2D eigenvalue weighted by Crippen LogP contribution is 2.29. The van der Waals surface area contributed by atoms with Gasteiger partial charge in [-0.25, -0.2) is 0 Å². The van der Waals surface area contributed by atoms with Crippen LogP contribution in [0.4, 0.5) is 0 Å². The molecular weight excluding hydrogens is 360 g/mol. The summed E-state index contributed by atoms with van der Waals surface area (Å²) in [6, 6.07) is 10.3. The maximum Gasteiger partial charge on any atom is 0.303 e. The molecule has 1 saturated heterocycles. The van der Waals surface area contributed by atoms with Gasteiger partial charge < -0.3 is 9.47 Å². The van der Waals surface area contributed by atoms with Crippen molar-refractivity contribution in [2.24, 2.45) is 0 Å². The van der Waals surface area contributed by atoms with Gasteiger partial charge in [-0.2, -0.15) is 0 Å². The topological polar surface area (TPSA) is 38.8 Å². The Morgan fingerprint density at radius 2 is 1.69 bits per heavy atom. The first-order valence-corrected chi connectivity index (χ1v) is 11.7. The first kappa shape index (κ1) is 23.7. The van der Waals surface area contributed by atoms with Gasteiger partial charge in [0.15, 0.2) is 0 Å². The Hall–Kier alpha value is -1.61. The Bertz CT molecular complexity index is 581. The maximum absolute atomic E-state index is 11.4. The minimum atomic E-state index is -0.226. The molecule has 0 aliphatic carbocycles. The number of hydrogen-bond donors (Lipinski definition) is 0. The lowest BCUT2D eigenvalue weighted by Crippen LogP contribution is -2.15. The number of carbonyl (C=O) groups excluding carboxylic acids is 1. The van der Waals surface area contributed by atoms with Gasteiger partial charge in [0.1, 0.15) is 12.2 Å². The predicted molar refractivity (Wildman–Crippen MR) is 120 cm³/mol. The van der Waals surface area contributed by atoms with Crippen LogP contribution in [-0.4, -0.2) is 24.3 Å². The predicted octanol–water partition coefficient (Wildman–Crippen LogP) is 6.80. The van der Waals surface area contributed by atoms with Crippen molar-refractivity contribution in [3.05, 3.63) is 48.0 Å². The zero-order valence-electron chi connectivity index (χ0n) is 18.5. The van der Waals surface area contributed by atoms with Gasteiger partial charge in [-0.3, -0.25) is 4.79 Å². The van der Waals surface area contributed by atoms with Crippen LogP contribution >= 0.6 is 0 Å². The van der Waals surface area contributed by atoms with Crippen molar-refractivity contribution in [3.8, 4) is 0 Å². The Morgan fingerprint density at radius 1 is 1.03 bits per heavy atom. The molecule has 3 unspecified atom stereocenters. The number of benzene rings is 1. The van der Waals surface area contributed by atoms with E-state index in [9.17, 15) is 4.79 Å². The largest absolute Gasteiger partial charge is 0.458 e. The van der Waals surface area contributed by atoms with Crippen LogP contribution in [-0.2, 0) is 20.7 Å². The van der Waals surface area contributed by atoms with E-state index in [1.54, 1.807) is 0 Å². The molecule has 0 saturated carbocycles. The van der Waals surface area contributed by atoms with Gasteiger partial charge in [0, 0.05) is 6.92 Å². The Balaban J connectivity index is 1.57. The van der Waals surface area contributed by atoms with E-state index in [2.05, 4.69) is 25.1 Å². The van der Waals surface area contributed by atoms with Gasteiger partial charge in [-0.15, -0.1) is 0 Å². The van der Waals surface area contributed by atoms with Gasteiger partial charge in [0.2, 0.25) is 0 Å². The van der Waals surface area contributed by atoms with Crippen LogP contribution in [0.15, 0.2) is 42.5 Å². The van der Waals surface area contributed by atoms with Gasteiger partial charge >= 0.3 is 5.97 Å². The van der Waals surface area contributed by atoms with Crippen LogP contribution in [0.25, 0.3) is 0 Å². The third kappa shape index (κ3) is 11.2. The molecule has 0 bridgehead atoms. The van der Waals surface area contributed by atoms with Crippen molar-refractivity contribution in [3.63, 3.8) is 0 Å². The lowest BCUT2D eigenvalue weighted by Gasteiger charge is -2.13. The minimum Gasteiger partial charge on any atom is -0.458 e. The number of hydrogen-bond acceptors (Lipinski definition) is 3. The summed E-state index contributed by atoms with van der Waals surface area (Å²) < 4.78 is 11.2. The van der Waals surface area contributed by atoms with E-state index in [-0.39, 0.29) is 18.2 Å². The van der Waals surface area contributed by atoms with Gasteiger partial charge in [0.05, 0.1) is 6.10 Å². The standard InChI is InChI=1S/C26H40O3/c1-3-4-5-6-7-8-9-10-14-17-25-26(29-25)21-20-24(28-22(2)27)19-18-23-15-12-11-13-16-23/h11-13,15-16,20-21,24-26H,3-10,14,17-19H2,1-2H3/b21-20+. The van der Waals surface area contributed by atoms with E-state index in [0.717, 1.165) is 19.3 Å². The first-order valence-electron chi connectivity index (χ1n) is 11.7. The maximum atomic E-state index is 11.4. The molecule has 0 radical (unpaired) electrons. The van der Waals surface area contributed by atoms with Crippen molar-refractivity contribution in [2.75, 3.05) is 0 Å². The highest BCUT2D eigenvalue weighted by atomic mass is 16.6. The highest BCUT2D eigenvalue weighted by molar-refractivity contribution is 5.66. The molecule has 0 N–H and O–H groups in total. The normalized spacial score (nSPS) is 19.4. The second-order valence-electron chi connectivity index (χ2n) is 8.31. The Labute approximate surface area is 177 Å². The van der Waals surface area contributed by atoms with Crippen molar-refractivity contribution >= 4 is 5.97 Å². The second-order valence-corrected chi connectivity index (χ2v) is 8.31. The van der Waals surface area contributed by atoms with E-state index in [1.807, 2.05) is 24.3 Å². The van der Waals surface area contributed by atoms with Gasteiger partial charge in [-0.05, 0) is 30.9 Å². The van der Waals surface area contributed by atoms with Crippen LogP contribution in [0.3, 0.4) is 0 Å². The van der Waals surface area contributed by atoms with Crippen LogP contribution in [0.2, 0.25) is 0 Å². The molecular formula is C26H40O3. The number of rotatable bonds is 16. The smallest absolute Gasteiger partial charge is 0.303 e. The lowest BCUT2D eigenvalue weighted by atomic mass is 10.0. The molecule has 3 atom stereocenters. The van der Waals surface area contributed by atoms with Crippen molar-refractivity contribution in [2.45, 2.75) is 109 Å². The number of unbranched alkanes of at least 4 members (excludes halogenated alkanes) is 8. The third-order valence-corrected chi connectivity index (χ3v) is 5.61. The number of esters is 1. The fourth-order valence-corrected chi connectivity index (χ4v) is 3.81. The zero-order valence-corrected chi connectivity index (χ0v) is 18.5. The van der Waals surface area contributed by atoms with Crippen molar-refractivity contribution in [1.29, 1.82) is 0 Å². The van der Waals surface area contributed by atoms with E-state index in [1.165, 1.54) is 70.3 Å². The number of ether oxygens (including phenoxy) is 2. The molecule has 1 aromatic rings. The summed E-state index contributed by atoms with van der Waals surface area (Å²) in [6.45, 7) is 3.74. The van der Waals surface area contributed by atoms with Crippen molar-refractivity contribution in [1.82, 2.24) is 0 Å². The molecule has 1 aliphatic rings. The SMILES string of the molecule is CCCCCCCCCCCC1OC1/C=C/C(CCc1ccccc1)OC(C)=O. The Kier molecular flexibility index (Phi) is 11.7. The second kappa shape index (κ2) is 14.4. The average molecular weight is 401 g/mol. The van der Waals surface area contributed by atoms with Crippen LogP contribution in [0.1, 0.15) is 90.0 Å². The summed E-state index contributed by atoms with van der Waals surface area (Å²) in [5.74, 6) is -0.226. The monoisotopic (exact) mass is 400 g/mol. The fourth-order valence-electron chi connectivity index (χ4n) is 3.81. The van der Waals surface area contributed by atoms with Gasteiger partial charge in [-0.1, -0.05) is 101 Å². The molecule has 3 heteroatoms. The van der Waals surface area contributed by atoms with Crippen LogP contribution in [0, 0.1) is 0 Å². The minimum absolute atomic E-state index is 0.176. The van der Waals surface area contributed by atoms with E-state index < -0.39 is 0 Å². The molecule has 0 amide bonds. The molecule has 0 spiro atoms. The molecule has 1 fully saturated rings. The number of carbonyl (C=O) groups is 1. The average Bonchev–Trinajstić information content (AvgIpc) is 3.47. The quantitative estimate of drug-likeness (QED) is 0.133. The molecule has 1 aromatic carbocycles. The summed E-state index contributed by atoms with van der Waals surface area (Å²) >= 11 is 0. The van der Waals surface area contributed by atoms with E-state index in [0.29, 0.717) is 6.10 Å². The van der Waals surface area contributed by atoms with E-state index >= 15 is 0 Å². The van der Waals surface area contributed by atoms with E-state index in [4.69, 9.17) is 9.47 Å². The number of aryl methyl sites for hydroxylation is 1. The third-order valence-electron chi connectivity index (χ3n) is 5.61. The molecule has 162 valence electrons. The fraction of sp³-hybridized carbons (Fsp3) is 0.654. The zero-order chi connectivity index (χ0) is 20.7. The first-order chi connectivity index (χ1) is 14.2. The summed E-state index contributed by atoms with van der Waals surface area (Å²) in [5, 5.41) is 0. The highest BCUT2D eigenvalue weighted by Gasteiger charge is 2.35. The van der Waals surface area contributed by atoms with Crippen molar-refractivity contribution < 1.29 is 14.3 Å². The Morgan fingerprint density at radius 3 is 2.34 bits per heavy atom. The molecule has 1 heterocycles. The summed E-state index contributed by atoms with van der Waals surface area (Å²) in [7, 11) is 0. The molecule has 2 rings (SSSR count).